The van der Waals surface area contributed by atoms with Crippen molar-refractivity contribution in [2.75, 3.05) is 0 Å². The smallest absolute Gasteiger partial charge is 0.0267 e. The molecule has 0 bridgehead atoms. The van der Waals surface area contributed by atoms with E-state index in [9.17, 15) is 0 Å². The average molecular weight is 362 g/mol. The van der Waals surface area contributed by atoms with Gasteiger partial charge in [-0.2, -0.15) is 0 Å². The topological polar surface area (TPSA) is 12.9 Å². The minimum atomic E-state index is 0. The molecule has 1 rings (SSSR count). The normalized spacial score (nSPS) is 4.80. The molecule has 62 valence electrons. The third kappa shape index (κ3) is 12.5. The summed E-state index contributed by atoms with van der Waals surface area (Å²) < 4.78 is 0. The van der Waals surface area contributed by atoms with E-state index in [4.69, 9.17) is 0 Å². The molecular formula is C5H8ArBr3N. The second kappa shape index (κ2) is 17.1. The van der Waals surface area contributed by atoms with Gasteiger partial charge in [0, 0.05) is 50.1 Å². The van der Waals surface area contributed by atoms with E-state index in [1.807, 2.05) is 18.2 Å². The van der Waals surface area contributed by atoms with Gasteiger partial charge in [-0.3, -0.25) is 4.98 Å². The van der Waals surface area contributed by atoms with Crippen LogP contribution in [0, 0.1) is 37.7 Å². The molecule has 0 aliphatic rings. The molecule has 1 aromatic rings. The van der Waals surface area contributed by atoms with Gasteiger partial charge in [-0.05, 0) is 12.1 Å². The summed E-state index contributed by atoms with van der Waals surface area (Å²) in [5.41, 5.74) is 0. The van der Waals surface area contributed by atoms with Crippen LogP contribution in [0.15, 0.2) is 30.6 Å². The molecule has 0 saturated heterocycles. The Bertz CT molecular complexity index is 88.8. The molecule has 1 heterocycles. The number of halogens is 3. The molecule has 0 fully saturated rings. The van der Waals surface area contributed by atoms with Gasteiger partial charge in [-0.15, -0.1) is 50.9 Å². The number of rotatable bonds is 0. The van der Waals surface area contributed by atoms with E-state index in [2.05, 4.69) is 4.98 Å². The summed E-state index contributed by atoms with van der Waals surface area (Å²) in [5.74, 6) is 0. The van der Waals surface area contributed by atoms with Gasteiger partial charge in [0.15, 0.2) is 0 Å². The molecule has 1 aromatic heterocycles. The Morgan fingerprint density at radius 2 is 1.10 bits per heavy atom. The molecule has 0 atom stereocenters. The molecule has 0 aliphatic heterocycles. The zero-order chi connectivity index (χ0) is 4.24. The predicted molar refractivity (Wildman–Crippen MR) is 55.2 cm³/mol. The SMILES string of the molecule is Br.Br.Br.[Ar].c1ccncc1. The molecule has 0 aromatic carbocycles. The van der Waals surface area contributed by atoms with Crippen LogP contribution in [-0.2, 0) is 0 Å². The number of hydrogen-bond donors (Lipinski definition) is 0. The van der Waals surface area contributed by atoms with E-state index in [1.54, 1.807) is 12.4 Å². The van der Waals surface area contributed by atoms with Gasteiger partial charge >= 0.3 is 0 Å². The van der Waals surface area contributed by atoms with E-state index in [1.165, 1.54) is 0 Å². The number of aromatic nitrogens is 1. The van der Waals surface area contributed by atoms with E-state index < -0.39 is 0 Å². The van der Waals surface area contributed by atoms with Crippen molar-refractivity contribution in [2.24, 2.45) is 0 Å². The maximum atomic E-state index is 3.78. The van der Waals surface area contributed by atoms with Crippen molar-refractivity contribution in [3.8, 4) is 0 Å². The van der Waals surface area contributed by atoms with Crippen LogP contribution in [-0.4, -0.2) is 4.98 Å². The van der Waals surface area contributed by atoms with Gasteiger partial charge in [-0.1, -0.05) is 6.07 Å². The summed E-state index contributed by atoms with van der Waals surface area (Å²) in [5, 5.41) is 0. The Kier molecular flexibility index (Phi) is 38.7. The van der Waals surface area contributed by atoms with Crippen molar-refractivity contribution < 1.29 is 37.7 Å². The molecule has 1 nitrogen and oxygen atoms in total. The van der Waals surface area contributed by atoms with Crippen molar-refractivity contribution in [3.05, 3.63) is 30.6 Å². The van der Waals surface area contributed by atoms with Crippen molar-refractivity contribution in [3.63, 3.8) is 0 Å². The molecule has 0 N–H and O–H groups in total. The molecule has 0 saturated carbocycles. The van der Waals surface area contributed by atoms with Gasteiger partial charge in [-0.25, -0.2) is 0 Å². The molecular weight excluding hydrogens is 354 g/mol. The Morgan fingerprint density at radius 1 is 0.700 bits per heavy atom. The first-order valence-electron chi connectivity index (χ1n) is 1.85. The van der Waals surface area contributed by atoms with Crippen LogP contribution in [0.1, 0.15) is 0 Å². The van der Waals surface area contributed by atoms with Gasteiger partial charge in [0.05, 0.1) is 0 Å². The average Bonchev–Trinajstić information content (AvgIpc) is 1.72. The van der Waals surface area contributed by atoms with Crippen LogP contribution in [0.4, 0.5) is 0 Å². The second-order valence-electron chi connectivity index (χ2n) is 1.02. The Hall–Kier alpha value is 1.85. The minimum Gasteiger partial charge on any atom is -0.265 e. The van der Waals surface area contributed by atoms with Crippen molar-refractivity contribution in [2.45, 2.75) is 0 Å². The zero-order valence-corrected chi connectivity index (χ0v) is 10.8. The Balaban J connectivity index is -0.0000000450. The summed E-state index contributed by atoms with van der Waals surface area (Å²) in [7, 11) is 0. The summed E-state index contributed by atoms with van der Waals surface area (Å²) in [6, 6.07) is 5.72. The van der Waals surface area contributed by atoms with Gasteiger partial charge < -0.3 is 0 Å². The molecule has 10 heavy (non-hydrogen) atoms. The fraction of sp³-hybridized carbons (Fsp3) is 0. The zero-order valence-electron chi connectivity index (χ0n) is 4.91. The Morgan fingerprint density at radius 3 is 1.20 bits per heavy atom. The van der Waals surface area contributed by atoms with E-state index in [0.29, 0.717) is 0 Å². The summed E-state index contributed by atoms with van der Waals surface area (Å²) >= 11 is 0. The van der Waals surface area contributed by atoms with E-state index in [-0.39, 0.29) is 88.7 Å². The standard InChI is InChI=1S/C5H5N.Ar.3BrH/c1-2-4-6-5-3-1;;;;/h1-5H;;3*1H. The predicted octanol–water partition coefficient (Wildman–Crippen LogP) is 2.82. The van der Waals surface area contributed by atoms with E-state index >= 15 is 0 Å². The van der Waals surface area contributed by atoms with Crippen LogP contribution in [0.25, 0.3) is 0 Å². The molecule has 0 amide bonds. The van der Waals surface area contributed by atoms with Crippen LogP contribution in [0.2, 0.25) is 0 Å². The molecule has 0 radical (unpaired) electrons. The third-order valence-electron chi connectivity index (χ3n) is 0.566. The maximum Gasteiger partial charge on any atom is 0.0267 e. The quantitative estimate of drug-likeness (QED) is 0.692. The molecule has 0 spiro atoms. The number of hydrogen-bond acceptors (Lipinski definition) is 1. The third-order valence-corrected chi connectivity index (χ3v) is 0.566. The monoisotopic (exact) mass is 359 g/mol. The van der Waals surface area contributed by atoms with Crippen molar-refractivity contribution in [1.29, 1.82) is 0 Å². The number of nitrogens with zero attached hydrogens (tertiary/aromatic N) is 1. The first-order valence-corrected chi connectivity index (χ1v) is 1.85. The first kappa shape index (κ1) is 22.6. The van der Waals surface area contributed by atoms with Gasteiger partial charge in [0.25, 0.3) is 0 Å². The summed E-state index contributed by atoms with van der Waals surface area (Å²) in [6.45, 7) is 0. The fourth-order valence-corrected chi connectivity index (χ4v) is 0.313. The van der Waals surface area contributed by atoms with Crippen molar-refractivity contribution in [1.82, 2.24) is 4.98 Å². The van der Waals surface area contributed by atoms with Crippen molar-refractivity contribution >= 4 is 50.9 Å². The van der Waals surface area contributed by atoms with Gasteiger partial charge in [0.1, 0.15) is 0 Å². The number of pyridine rings is 1. The van der Waals surface area contributed by atoms with Gasteiger partial charge in [0.2, 0.25) is 0 Å². The molecule has 0 aliphatic carbocycles. The van der Waals surface area contributed by atoms with E-state index in [0.717, 1.165) is 0 Å². The molecule has 0 unspecified atom stereocenters. The van der Waals surface area contributed by atoms with Crippen LogP contribution >= 0.6 is 50.9 Å². The Labute approximate surface area is 122 Å². The summed E-state index contributed by atoms with van der Waals surface area (Å²) in [6.07, 6.45) is 3.50. The van der Waals surface area contributed by atoms with Crippen LogP contribution in [0.3, 0.4) is 0 Å². The maximum absolute atomic E-state index is 3.78. The fourth-order valence-electron chi connectivity index (χ4n) is 0.313. The summed E-state index contributed by atoms with van der Waals surface area (Å²) in [4.78, 5) is 3.78. The second-order valence-corrected chi connectivity index (χ2v) is 1.02. The van der Waals surface area contributed by atoms with Crippen LogP contribution < -0.4 is 0 Å². The minimum absolute atomic E-state index is 0. The van der Waals surface area contributed by atoms with Crippen LogP contribution in [0.5, 0.6) is 0 Å². The first-order chi connectivity index (χ1) is 3.00. The molecule has 5 heteroatoms. The largest absolute Gasteiger partial charge is 0.265 e.